The van der Waals surface area contributed by atoms with Gasteiger partial charge >= 0.3 is 0 Å². The van der Waals surface area contributed by atoms with Crippen molar-refractivity contribution in [2.45, 2.75) is 39.0 Å². The van der Waals surface area contributed by atoms with E-state index >= 15 is 0 Å². The van der Waals surface area contributed by atoms with Crippen molar-refractivity contribution in [3.05, 3.63) is 24.4 Å². The van der Waals surface area contributed by atoms with Gasteiger partial charge in [-0.1, -0.05) is 25.3 Å². The van der Waals surface area contributed by atoms with Crippen LogP contribution in [0.1, 0.15) is 39.0 Å². The van der Waals surface area contributed by atoms with Crippen molar-refractivity contribution >= 4 is 41.7 Å². The number of guanidine groups is 1. The molecule has 0 radical (unpaired) electrons. The largest absolute Gasteiger partial charge is 0.357 e. The van der Waals surface area contributed by atoms with Crippen LogP contribution in [0.3, 0.4) is 0 Å². The van der Waals surface area contributed by atoms with Crippen molar-refractivity contribution in [3.8, 4) is 0 Å². The second-order valence-electron chi connectivity index (χ2n) is 7.52. The number of pyridine rings is 1. The van der Waals surface area contributed by atoms with E-state index in [1.165, 1.54) is 19.3 Å². The Kier molecular flexibility index (Phi) is 10.5. The first kappa shape index (κ1) is 23.7. The third-order valence-electron chi connectivity index (χ3n) is 5.54. The van der Waals surface area contributed by atoms with Crippen LogP contribution < -0.4 is 15.5 Å². The fourth-order valence-corrected chi connectivity index (χ4v) is 3.96. The monoisotopic (exact) mass is 514 g/mol. The van der Waals surface area contributed by atoms with E-state index in [2.05, 4.69) is 38.4 Å². The number of halogens is 1. The number of piperazine rings is 1. The van der Waals surface area contributed by atoms with Crippen LogP contribution in [0.2, 0.25) is 0 Å². The Morgan fingerprint density at radius 3 is 2.55 bits per heavy atom. The summed E-state index contributed by atoms with van der Waals surface area (Å²) in [6, 6.07) is 6.04. The van der Waals surface area contributed by atoms with Crippen molar-refractivity contribution in [2.75, 3.05) is 50.7 Å². The van der Waals surface area contributed by atoms with Crippen LogP contribution >= 0.6 is 24.0 Å². The highest BCUT2D eigenvalue weighted by atomic mass is 127. The SMILES string of the molecule is CCNC(=NCCNC(=O)C1CCCCC1)N1CCN(c2ccccn2)CC1.I. The van der Waals surface area contributed by atoms with Crippen molar-refractivity contribution in [1.82, 2.24) is 20.5 Å². The number of nitrogens with zero attached hydrogens (tertiary/aromatic N) is 4. The van der Waals surface area contributed by atoms with E-state index in [9.17, 15) is 4.79 Å². The third kappa shape index (κ3) is 7.31. The van der Waals surface area contributed by atoms with Gasteiger partial charge in [0.1, 0.15) is 5.82 Å². The summed E-state index contributed by atoms with van der Waals surface area (Å²) < 4.78 is 0. The Balaban J connectivity index is 0.00000300. The predicted molar refractivity (Wildman–Crippen MR) is 129 cm³/mol. The molecule has 1 aromatic heterocycles. The zero-order chi connectivity index (χ0) is 19.6. The van der Waals surface area contributed by atoms with Gasteiger partial charge < -0.3 is 20.4 Å². The summed E-state index contributed by atoms with van der Waals surface area (Å²) in [5.74, 6) is 2.40. The van der Waals surface area contributed by atoms with Crippen molar-refractivity contribution in [3.63, 3.8) is 0 Å². The molecule has 1 aliphatic heterocycles. The number of amides is 1. The number of rotatable bonds is 6. The predicted octanol–water partition coefficient (Wildman–Crippen LogP) is 2.48. The maximum atomic E-state index is 12.2. The van der Waals surface area contributed by atoms with Gasteiger partial charge in [-0.2, -0.15) is 0 Å². The van der Waals surface area contributed by atoms with E-state index in [0.717, 1.165) is 57.3 Å². The summed E-state index contributed by atoms with van der Waals surface area (Å²) in [5.41, 5.74) is 0. The lowest BCUT2D eigenvalue weighted by Gasteiger charge is -2.37. The molecule has 1 aromatic rings. The Labute approximate surface area is 191 Å². The molecule has 1 aliphatic carbocycles. The van der Waals surface area contributed by atoms with E-state index in [1.807, 2.05) is 18.3 Å². The minimum absolute atomic E-state index is 0. The quantitative estimate of drug-likeness (QED) is 0.264. The van der Waals surface area contributed by atoms with Gasteiger partial charge in [-0.15, -0.1) is 24.0 Å². The molecule has 1 amide bonds. The highest BCUT2D eigenvalue weighted by molar-refractivity contribution is 14.0. The van der Waals surface area contributed by atoms with E-state index in [1.54, 1.807) is 0 Å². The molecule has 1 saturated carbocycles. The lowest BCUT2D eigenvalue weighted by atomic mass is 9.89. The molecule has 7 nitrogen and oxygen atoms in total. The van der Waals surface area contributed by atoms with Crippen molar-refractivity contribution in [1.29, 1.82) is 0 Å². The Morgan fingerprint density at radius 2 is 1.90 bits per heavy atom. The number of nitrogens with one attached hydrogen (secondary N) is 2. The first-order valence-corrected chi connectivity index (χ1v) is 10.7. The number of hydrogen-bond acceptors (Lipinski definition) is 4. The summed E-state index contributed by atoms with van der Waals surface area (Å²) >= 11 is 0. The summed E-state index contributed by atoms with van der Waals surface area (Å²) in [5, 5.41) is 6.46. The first-order chi connectivity index (χ1) is 13.8. The molecular formula is C21H35IN6O. The van der Waals surface area contributed by atoms with Crippen LogP contribution in [0.4, 0.5) is 5.82 Å². The van der Waals surface area contributed by atoms with E-state index < -0.39 is 0 Å². The second-order valence-corrected chi connectivity index (χ2v) is 7.52. The van der Waals surface area contributed by atoms with Gasteiger partial charge in [0.05, 0.1) is 6.54 Å². The van der Waals surface area contributed by atoms with Gasteiger partial charge in [0.25, 0.3) is 0 Å². The highest BCUT2D eigenvalue weighted by Gasteiger charge is 2.21. The smallest absolute Gasteiger partial charge is 0.223 e. The molecule has 2 heterocycles. The minimum Gasteiger partial charge on any atom is -0.357 e. The molecule has 0 atom stereocenters. The molecular weight excluding hydrogens is 479 g/mol. The fourth-order valence-electron chi connectivity index (χ4n) is 3.96. The molecule has 2 N–H and O–H groups in total. The van der Waals surface area contributed by atoms with Crippen molar-refractivity contribution < 1.29 is 4.79 Å². The molecule has 29 heavy (non-hydrogen) atoms. The molecule has 8 heteroatoms. The molecule has 0 bridgehead atoms. The molecule has 162 valence electrons. The Hall–Kier alpha value is -1.58. The number of hydrogen-bond donors (Lipinski definition) is 2. The van der Waals surface area contributed by atoms with E-state index in [0.29, 0.717) is 13.1 Å². The molecule has 2 aliphatic rings. The topological polar surface area (TPSA) is 72.9 Å². The highest BCUT2D eigenvalue weighted by Crippen LogP contribution is 2.23. The maximum Gasteiger partial charge on any atom is 0.223 e. The standard InChI is InChI=1S/C21H34N6O.HI/c1-2-22-21(25-13-12-24-20(28)18-8-4-3-5-9-18)27-16-14-26(15-17-27)19-10-6-7-11-23-19;/h6-7,10-11,18H,2-5,8-9,12-17H2,1H3,(H,22,25)(H,24,28);1H. The van der Waals surface area contributed by atoms with Crippen molar-refractivity contribution in [2.24, 2.45) is 10.9 Å². The Bertz CT molecular complexity index is 627. The number of aliphatic imine (C=N–C) groups is 1. The molecule has 0 aromatic carbocycles. The number of carbonyl (C=O) groups is 1. The van der Waals surface area contributed by atoms with Gasteiger partial charge in [0.2, 0.25) is 5.91 Å². The average molecular weight is 514 g/mol. The third-order valence-corrected chi connectivity index (χ3v) is 5.54. The Morgan fingerprint density at radius 1 is 1.14 bits per heavy atom. The summed E-state index contributed by atoms with van der Waals surface area (Å²) in [4.78, 5) is 26.0. The number of carbonyl (C=O) groups excluding carboxylic acids is 1. The molecule has 0 spiro atoms. The molecule has 0 unspecified atom stereocenters. The normalized spacial score (nSPS) is 18.2. The average Bonchev–Trinajstić information content (AvgIpc) is 2.77. The first-order valence-electron chi connectivity index (χ1n) is 10.7. The van der Waals surface area contributed by atoms with Gasteiger partial charge in [-0.25, -0.2) is 4.98 Å². The molecule has 2 fully saturated rings. The summed E-state index contributed by atoms with van der Waals surface area (Å²) in [6.45, 7) is 7.84. The zero-order valence-corrected chi connectivity index (χ0v) is 19.8. The maximum absolute atomic E-state index is 12.2. The second kappa shape index (κ2) is 12.9. The number of aromatic nitrogens is 1. The van der Waals surface area contributed by atoms with Crippen LogP contribution in [0, 0.1) is 5.92 Å². The van der Waals surface area contributed by atoms with Gasteiger partial charge in [-0.05, 0) is 31.9 Å². The van der Waals surface area contributed by atoms with E-state index in [-0.39, 0.29) is 35.8 Å². The van der Waals surface area contributed by atoms with Gasteiger partial charge in [0, 0.05) is 51.4 Å². The minimum atomic E-state index is 0. The van der Waals surface area contributed by atoms with Crippen LogP contribution in [0.15, 0.2) is 29.4 Å². The summed E-state index contributed by atoms with van der Waals surface area (Å²) in [6.07, 6.45) is 7.57. The lowest BCUT2D eigenvalue weighted by molar-refractivity contribution is -0.125. The number of anilines is 1. The van der Waals surface area contributed by atoms with Crippen LogP contribution in [-0.4, -0.2) is 67.6 Å². The summed E-state index contributed by atoms with van der Waals surface area (Å²) in [7, 11) is 0. The fraction of sp³-hybridized carbons (Fsp3) is 0.667. The van der Waals surface area contributed by atoms with Gasteiger partial charge in [0.15, 0.2) is 5.96 Å². The lowest BCUT2D eigenvalue weighted by Crippen LogP contribution is -2.53. The van der Waals surface area contributed by atoms with Gasteiger partial charge in [-0.3, -0.25) is 9.79 Å². The van der Waals surface area contributed by atoms with Crippen LogP contribution in [-0.2, 0) is 4.79 Å². The molecule has 1 saturated heterocycles. The van der Waals surface area contributed by atoms with Crippen LogP contribution in [0.25, 0.3) is 0 Å². The molecule has 3 rings (SSSR count). The van der Waals surface area contributed by atoms with Crippen LogP contribution in [0.5, 0.6) is 0 Å². The van der Waals surface area contributed by atoms with E-state index in [4.69, 9.17) is 4.99 Å². The zero-order valence-electron chi connectivity index (χ0n) is 17.5.